The summed E-state index contributed by atoms with van der Waals surface area (Å²) >= 11 is 2.84. The molecule has 0 saturated heterocycles. The number of aryl methyl sites for hydroxylation is 1. The van der Waals surface area contributed by atoms with Crippen molar-refractivity contribution < 1.29 is 4.79 Å². The third kappa shape index (κ3) is 3.96. The number of nitrogens with zero attached hydrogens (tertiary/aromatic N) is 3. The average Bonchev–Trinajstić information content (AvgIpc) is 3.27. The lowest BCUT2D eigenvalue weighted by molar-refractivity contribution is -0.116. The first-order valence-corrected chi connectivity index (χ1v) is 10.0. The number of hydrogen-bond donors (Lipinski definition) is 1. The van der Waals surface area contributed by atoms with Crippen LogP contribution in [0.25, 0.3) is 10.2 Å². The Labute approximate surface area is 163 Å². The first-order valence-electron chi connectivity index (χ1n) is 8.31. The number of carbonyl (C=O) groups excluding carboxylic acids is 1. The number of fused-ring (bicyclic) bond motifs is 1. The van der Waals surface area contributed by atoms with E-state index in [1.165, 1.54) is 44.7 Å². The summed E-state index contributed by atoms with van der Waals surface area (Å²) in [5.74, 6) is -0.301. The van der Waals surface area contributed by atoms with Crippen molar-refractivity contribution in [1.29, 1.82) is 0 Å². The van der Waals surface area contributed by atoms with Crippen LogP contribution < -0.4 is 10.9 Å². The van der Waals surface area contributed by atoms with Crippen LogP contribution in [0.5, 0.6) is 0 Å². The number of anilines is 1. The van der Waals surface area contributed by atoms with Crippen LogP contribution in [0.1, 0.15) is 16.0 Å². The van der Waals surface area contributed by atoms with Gasteiger partial charge in [0.05, 0.1) is 11.7 Å². The van der Waals surface area contributed by atoms with Crippen molar-refractivity contribution in [3.8, 4) is 0 Å². The van der Waals surface area contributed by atoms with E-state index < -0.39 is 0 Å². The van der Waals surface area contributed by atoms with Crippen molar-refractivity contribution in [3.63, 3.8) is 0 Å². The van der Waals surface area contributed by atoms with Crippen molar-refractivity contribution in [2.75, 3.05) is 5.32 Å². The minimum atomic E-state index is -0.301. The summed E-state index contributed by atoms with van der Waals surface area (Å²) in [5, 5.41) is 5.64. The zero-order chi connectivity index (χ0) is 18.8. The third-order valence-corrected chi connectivity index (χ3v) is 5.76. The molecule has 0 spiro atoms. The van der Waals surface area contributed by atoms with E-state index in [-0.39, 0.29) is 18.0 Å². The number of rotatable bonds is 5. The molecule has 3 heterocycles. The molecular weight excluding hydrogens is 380 g/mol. The minimum Gasteiger partial charge on any atom is -0.300 e. The molecule has 27 heavy (non-hydrogen) atoms. The lowest BCUT2D eigenvalue weighted by atomic mass is 10.1. The smallest absolute Gasteiger partial charge is 0.262 e. The van der Waals surface area contributed by atoms with Gasteiger partial charge in [-0.3, -0.25) is 14.2 Å². The van der Waals surface area contributed by atoms with Gasteiger partial charge in [0.25, 0.3) is 5.56 Å². The Kier molecular flexibility index (Phi) is 4.83. The highest BCUT2D eigenvalue weighted by molar-refractivity contribution is 7.16. The van der Waals surface area contributed by atoms with Gasteiger partial charge in [-0.25, -0.2) is 9.97 Å². The van der Waals surface area contributed by atoms with Crippen molar-refractivity contribution in [1.82, 2.24) is 14.5 Å². The van der Waals surface area contributed by atoms with Crippen LogP contribution in [0.15, 0.2) is 53.0 Å². The van der Waals surface area contributed by atoms with Crippen molar-refractivity contribution in [2.24, 2.45) is 0 Å². The molecule has 0 saturated carbocycles. The van der Waals surface area contributed by atoms with Crippen LogP contribution >= 0.6 is 22.7 Å². The maximum Gasteiger partial charge on any atom is 0.262 e. The van der Waals surface area contributed by atoms with Crippen LogP contribution in [0.4, 0.5) is 5.13 Å². The predicted molar refractivity (Wildman–Crippen MR) is 109 cm³/mol. The van der Waals surface area contributed by atoms with E-state index in [0.29, 0.717) is 15.3 Å². The van der Waals surface area contributed by atoms with E-state index in [0.717, 1.165) is 11.3 Å². The Morgan fingerprint density at radius 2 is 2.15 bits per heavy atom. The fourth-order valence-corrected chi connectivity index (χ4v) is 4.38. The highest BCUT2D eigenvalue weighted by Crippen LogP contribution is 2.21. The molecular formula is C19H16N4O2S2. The van der Waals surface area contributed by atoms with Gasteiger partial charge in [-0.15, -0.1) is 22.7 Å². The SMILES string of the molecule is Cc1cccc(Cc2cnc(NC(=O)Cn3cnc4sccc4c3=O)s2)c1. The molecule has 8 heteroatoms. The number of amides is 1. The van der Waals surface area contributed by atoms with Crippen LogP contribution in [0.3, 0.4) is 0 Å². The normalized spacial score (nSPS) is 11.0. The van der Waals surface area contributed by atoms with Gasteiger partial charge >= 0.3 is 0 Å². The lowest BCUT2D eigenvalue weighted by Crippen LogP contribution is -2.27. The quantitative estimate of drug-likeness (QED) is 0.560. The molecule has 0 aliphatic carbocycles. The summed E-state index contributed by atoms with van der Waals surface area (Å²) in [5.41, 5.74) is 2.21. The summed E-state index contributed by atoms with van der Waals surface area (Å²) in [4.78, 5) is 34.9. The summed E-state index contributed by atoms with van der Waals surface area (Å²) in [6.07, 6.45) is 3.95. The minimum absolute atomic E-state index is 0.0928. The van der Waals surface area contributed by atoms with Crippen LogP contribution in [-0.2, 0) is 17.8 Å². The Morgan fingerprint density at radius 3 is 3.00 bits per heavy atom. The Morgan fingerprint density at radius 1 is 1.26 bits per heavy atom. The molecule has 1 aromatic carbocycles. The molecule has 0 aliphatic rings. The standard InChI is InChI=1S/C19H16N4O2S2/c1-12-3-2-4-13(7-12)8-14-9-20-19(27-14)22-16(24)10-23-11-21-17-15(18(23)25)5-6-26-17/h2-7,9,11H,8,10H2,1H3,(H,20,22,24). The maximum absolute atomic E-state index is 12.3. The van der Waals surface area contributed by atoms with Crippen molar-refractivity contribution in [2.45, 2.75) is 19.9 Å². The number of thiophene rings is 1. The van der Waals surface area contributed by atoms with Gasteiger partial charge in [-0.1, -0.05) is 29.8 Å². The second-order valence-electron chi connectivity index (χ2n) is 6.16. The first kappa shape index (κ1) is 17.6. The highest BCUT2D eigenvalue weighted by atomic mass is 32.1. The Bertz CT molecular complexity index is 1180. The lowest BCUT2D eigenvalue weighted by Gasteiger charge is -2.04. The zero-order valence-corrected chi connectivity index (χ0v) is 16.1. The largest absolute Gasteiger partial charge is 0.300 e. The Balaban J connectivity index is 1.43. The van der Waals surface area contributed by atoms with Gasteiger partial charge in [0.1, 0.15) is 11.4 Å². The Hall–Kier alpha value is -2.84. The summed E-state index contributed by atoms with van der Waals surface area (Å²) < 4.78 is 1.31. The molecule has 1 amide bonds. The molecule has 0 unspecified atom stereocenters. The number of benzene rings is 1. The third-order valence-electron chi connectivity index (χ3n) is 4.03. The van der Waals surface area contributed by atoms with Crippen molar-refractivity contribution in [3.05, 3.63) is 74.6 Å². The van der Waals surface area contributed by atoms with E-state index >= 15 is 0 Å². The van der Waals surface area contributed by atoms with Gasteiger partial charge in [0.15, 0.2) is 5.13 Å². The second-order valence-corrected chi connectivity index (χ2v) is 8.17. The number of nitrogens with one attached hydrogen (secondary N) is 1. The number of aromatic nitrogens is 3. The van der Waals surface area contributed by atoms with E-state index in [1.54, 1.807) is 12.3 Å². The molecule has 1 N–H and O–H groups in total. The van der Waals surface area contributed by atoms with Gasteiger partial charge in [0.2, 0.25) is 5.91 Å². The predicted octanol–water partition coefficient (Wildman–Crippen LogP) is 3.45. The molecule has 6 nitrogen and oxygen atoms in total. The molecule has 0 bridgehead atoms. The molecule has 0 aliphatic heterocycles. The number of carbonyl (C=O) groups is 1. The topological polar surface area (TPSA) is 76.9 Å². The van der Waals surface area contributed by atoms with Crippen LogP contribution in [0.2, 0.25) is 0 Å². The molecule has 0 radical (unpaired) electrons. The molecule has 0 atom stereocenters. The molecule has 4 rings (SSSR count). The monoisotopic (exact) mass is 396 g/mol. The van der Waals surface area contributed by atoms with Crippen LogP contribution in [-0.4, -0.2) is 20.4 Å². The van der Waals surface area contributed by atoms with E-state index in [1.807, 2.05) is 11.4 Å². The average molecular weight is 396 g/mol. The summed E-state index contributed by atoms with van der Waals surface area (Å²) in [6.45, 7) is 1.97. The molecule has 3 aromatic heterocycles. The van der Waals surface area contributed by atoms with Gasteiger partial charge in [-0.2, -0.15) is 0 Å². The van der Waals surface area contributed by atoms with Gasteiger partial charge in [0, 0.05) is 17.5 Å². The highest BCUT2D eigenvalue weighted by Gasteiger charge is 2.11. The number of hydrogen-bond acceptors (Lipinski definition) is 6. The number of thiazole rings is 1. The summed E-state index contributed by atoms with van der Waals surface area (Å²) in [6, 6.07) is 10.0. The summed E-state index contributed by atoms with van der Waals surface area (Å²) in [7, 11) is 0. The van der Waals surface area contributed by atoms with Gasteiger partial charge in [-0.05, 0) is 23.9 Å². The maximum atomic E-state index is 12.3. The van der Waals surface area contributed by atoms with Crippen LogP contribution in [0, 0.1) is 6.92 Å². The second kappa shape index (κ2) is 7.42. The van der Waals surface area contributed by atoms with E-state index in [9.17, 15) is 9.59 Å². The zero-order valence-electron chi connectivity index (χ0n) is 14.5. The molecule has 0 fully saturated rings. The van der Waals surface area contributed by atoms with E-state index in [4.69, 9.17) is 0 Å². The fourth-order valence-electron chi connectivity index (χ4n) is 2.79. The van der Waals surface area contributed by atoms with Crippen molar-refractivity contribution >= 4 is 43.9 Å². The molecule has 136 valence electrons. The fraction of sp³-hybridized carbons (Fsp3) is 0.158. The first-order chi connectivity index (χ1) is 13.1. The molecule has 4 aromatic rings. The van der Waals surface area contributed by atoms with Gasteiger partial charge < -0.3 is 5.32 Å². The van der Waals surface area contributed by atoms with E-state index in [2.05, 4.69) is 40.4 Å².